The first kappa shape index (κ1) is 12.4. The third kappa shape index (κ3) is 2.56. The zero-order valence-electron chi connectivity index (χ0n) is 11.6. The molecule has 2 aromatic rings. The molecule has 102 valence electrons. The Morgan fingerprint density at radius 3 is 3.16 bits per heavy atom. The molecule has 19 heavy (non-hydrogen) atoms. The largest absolute Gasteiger partial charge is 0.367 e. The van der Waals surface area contributed by atoms with Crippen LogP contribution in [0.1, 0.15) is 25.0 Å². The Bertz CT molecular complexity index is 562. The van der Waals surface area contributed by atoms with Gasteiger partial charge in [-0.2, -0.15) is 5.10 Å². The molecule has 0 bridgehead atoms. The van der Waals surface area contributed by atoms with Gasteiger partial charge in [0.05, 0.1) is 5.69 Å². The van der Waals surface area contributed by atoms with E-state index in [4.69, 9.17) is 0 Å². The third-order valence-corrected chi connectivity index (χ3v) is 3.94. The van der Waals surface area contributed by atoms with Crippen molar-refractivity contribution in [2.75, 3.05) is 25.5 Å². The summed E-state index contributed by atoms with van der Waals surface area (Å²) in [4.78, 5) is 6.88. The van der Waals surface area contributed by atoms with Crippen LogP contribution in [0.2, 0.25) is 0 Å². The number of nitrogens with zero attached hydrogens (tertiary/aromatic N) is 4. The maximum Gasteiger partial charge on any atom is 0.152 e. The molecular weight excluding hydrogens is 238 g/mol. The molecule has 3 heterocycles. The molecule has 0 aromatic carbocycles. The van der Waals surface area contributed by atoms with Crippen molar-refractivity contribution in [3.05, 3.63) is 24.2 Å². The highest BCUT2D eigenvalue weighted by Gasteiger charge is 2.18. The number of fused-ring (bicyclic) bond motifs is 1. The van der Waals surface area contributed by atoms with Gasteiger partial charge in [0, 0.05) is 25.0 Å². The van der Waals surface area contributed by atoms with E-state index in [1.54, 1.807) is 6.20 Å². The van der Waals surface area contributed by atoms with E-state index in [1.807, 2.05) is 17.6 Å². The molecule has 3 rings (SSSR count). The molecule has 1 aliphatic heterocycles. The minimum Gasteiger partial charge on any atom is -0.367 e. The fraction of sp³-hybridized carbons (Fsp3) is 0.571. The van der Waals surface area contributed by atoms with Crippen molar-refractivity contribution >= 4 is 11.3 Å². The first-order valence-corrected chi connectivity index (χ1v) is 6.99. The monoisotopic (exact) mass is 259 g/mol. The molecule has 2 aromatic heterocycles. The maximum atomic E-state index is 4.44. The van der Waals surface area contributed by atoms with Crippen molar-refractivity contribution < 1.29 is 0 Å². The van der Waals surface area contributed by atoms with E-state index in [2.05, 4.69) is 33.4 Å². The summed E-state index contributed by atoms with van der Waals surface area (Å²) in [6.07, 6.45) is 7.61. The molecule has 0 spiro atoms. The normalized spacial score (nSPS) is 20.8. The molecule has 1 fully saturated rings. The number of likely N-dealkylation sites (N-methyl/N-ethyl adjacent to an activating group) is 1. The standard InChI is InChI=1S/C14H21N5/c1-11-9-13-14(15-6-8-19(13)17-11)16-10-12-5-3-4-7-18(12)2/h6,8-9,12H,3-5,7,10H2,1-2H3,(H,15,16). The summed E-state index contributed by atoms with van der Waals surface area (Å²) in [6, 6.07) is 2.68. The van der Waals surface area contributed by atoms with Gasteiger partial charge in [-0.1, -0.05) is 6.42 Å². The van der Waals surface area contributed by atoms with E-state index in [0.29, 0.717) is 6.04 Å². The predicted molar refractivity (Wildman–Crippen MR) is 76.5 cm³/mol. The van der Waals surface area contributed by atoms with Gasteiger partial charge in [-0.15, -0.1) is 0 Å². The number of piperidine rings is 1. The van der Waals surface area contributed by atoms with Crippen LogP contribution < -0.4 is 5.32 Å². The van der Waals surface area contributed by atoms with Crippen LogP contribution in [0.3, 0.4) is 0 Å². The zero-order valence-corrected chi connectivity index (χ0v) is 11.6. The van der Waals surface area contributed by atoms with Gasteiger partial charge in [0.1, 0.15) is 5.52 Å². The molecule has 1 saturated heterocycles. The van der Waals surface area contributed by atoms with Crippen molar-refractivity contribution in [2.45, 2.75) is 32.2 Å². The number of hydrogen-bond donors (Lipinski definition) is 1. The van der Waals surface area contributed by atoms with Crippen LogP contribution >= 0.6 is 0 Å². The number of aromatic nitrogens is 3. The second-order valence-corrected chi connectivity index (χ2v) is 5.40. The lowest BCUT2D eigenvalue weighted by Gasteiger charge is -2.32. The Balaban J connectivity index is 1.74. The smallest absolute Gasteiger partial charge is 0.152 e. The Morgan fingerprint density at radius 2 is 2.32 bits per heavy atom. The van der Waals surface area contributed by atoms with Crippen LogP contribution in [0, 0.1) is 6.92 Å². The first-order valence-electron chi connectivity index (χ1n) is 6.99. The second kappa shape index (κ2) is 5.17. The van der Waals surface area contributed by atoms with Gasteiger partial charge in [0.25, 0.3) is 0 Å². The molecule has 1 N–H and O–H groups in total. The van der Waals surface area contributed by atoms with Crippen molar-refractivity contribution in [3.8, 4) is 0 Å². The van der Waals surface area contributed by atoms with E-state index in [-0.39, 0.29) is 0 Å². The third-order valence-electron chi connectivity index (χ3n) is 3.94. The molecule has 1 aliphatic rings. The summed E-state index contributed by atoms with van der Waals surface area (Å²) in [7, 11) is 2.21. The minimum atomic E-state index is 0.611. The van der Waals surface area contributed by atoms with E-state index in [1.165, 1.54) is 25.8 Å². The topological polar surface area (TPSA) is 45.5 Å². The summed E-state index contributed by atoms with van der Waals surface area (Å²) in [5.41, 5.74) is 2.07. The van der Waals surface area contributed by atoms with Crippen LogP contribution in [-0.4, -0.2) is 45.7 Å². The minimum absolute atomic E-state index is 0.611. The molecule has 0 amide bonds. The Kier molecular flexibility index (Phi) is 3.38. The van der Waals surface area contributed by atoms with Gasteiger partial charge in [0.2, 0.25) is 0 Å². The van der Waals surface area contributed by atoms with Crippen molar-refractivity contribution in [3.63, 3.8) is 0 Å². The van der Waals surface area contributed by atoms with Gasteiger partial charge < -0.3 is 10.2 Å². The number of likely N-dealkylation sites (tertiary alicyclic amines) is 1. The number of nitrogens with one attached hydrogen (secondary N) is 1. The van der Waals surface area contributed by atoms with E-state index < -0.39 is 0 Å². The molecule has 0 saturated carbocycles. The number of hydrogen-bond acceptors (Lipinski definition) is 4. The summed E-state index contributed by atoms with van der Waals surface area (Å²) in [5, 5.41) is 7.90. The maximum absolute atomic E-state index is 4.44. The van der Waals surface area contributed by atoms with Crippen LogP contribution in [0.5, 0.6) is 0 Å². The van der Waals surface area contributed by atoms with Crippen molar-refractivity contribution in [1.29, 1.82) is 0 Å². The van der Waals surface area contributed by atoms with E-state index in [0.717, 1.165) is 23.6 Å². The lowest BCUT2D eigenvalue weighted by atomic mass is 10.0. The lowest BCUT2D eigenvalue weighted by molar-refractivity contribution is 0.194. The van der Waals surface area contributed by atoms with Crippen LogP contribution in [0.4, 0.5) is 5.82 Å². The van der Waals surface area contributed by atoms with Crippen molar-refractivity contribution in [1.82, 2.24) is 19.5 Å². The Hall–Kier alpha value is -1.62. The van der Waals surface area contributed by atoms with Crippen LogP contribution in [0.25, 0.3) is 5.52 Å². The summed E-state index contributed by atoms with van der Waals surface area (Å²) in [5.74, 6) is 0.932. The lowest BCUT2D eigenvalue weighted by Crippen LogP contribution is -2.40. The molecule has 0 radical (unpaired) electrons. The highest BCUT2D eigenvalue weighted by Crippen LogP contribution is 2.18. The Labute approximate surface area is 113 Å². The molecule has 1 unspecified atom stereocenters. The highest BCUT2D eigenvalue weighted by molar-refractivity contribution is 5.67. The number of rotatable bonds is 3. The van der Waals surface area contributed by atoms with Gasteiger partial charge in [-0.05, 0) is 39.4 Å². The fourth-order valence-electron chi connectivity index (χ4n) is 2.80. The highest BCUT2D eigenvalue weighted by atomic mass is 15.2. The number of aryl methyl sites for hydroxylation is 1. The SMILES string of the molecule is Cc1cc2c(NCC3CCCCN3C)nccn2n1. The zero-order chi connectivity index (χ0) is 13.2. The molecule has 0 aliphatic carbocycles. The Morgan fingerprint density at radius 1 is 1.42 bits per heavy atom. The van der Waals surface area contributed by atoms with E-state index >= 15 is 0 Å². The number of anilines is 1. The summed E-state index contributed by atoms with van der Waals surface area (Å²) in [6.45, 7) is 4.16. The van der Waals surface area contributed by atoms with E-state index in [9.17, 15) is 0 Å². The quantitative estimate of drug-likeness (QED) is 0.915. The average Bonchev–Trinajstić information content (AvgIpc) is 2.78. The molecule has 1 atom stereocenters. The van der Waals surface area contributed by atoms with Gasteiger partial charge >= 0.3 is 0 Å². The van der Waals surface area contributed by atoms with Crippen LogP contribution in [0.15, 0.2) is 18.5 Å². The summed E-state index contributed by atoms with van der Waals surface area (Å²) < 4.78 is 1.88. The van der Waals surface area contributed by atoms with Gasteiger partial charge in [0.15, 0.2) is 5.82 Å². The summed E-state index contributed by atoms with van der Waals surface area (Å²) >= 11 is 0. The molecule has 5 nitrogen and oxygen atoms in total. The first-order chi connectivity index (χ1) is 9.24. The fourth-order valence-corrected chi connectivity index (χ4v) is 2.80. The molecule has 5 heteroatoms. The molecular formula is C14H21N5. The predicted octanol–water partition coefficient (Wildman–Crippen LogP) is 1.93. The van der Waals surface area contributed by atoms with Gasteiger partial charge in [-0.3, -0.25) is 0 Å². The second-order valence-electron chi connectivity index (χ2n) is 5.40. The van der Waals surface area contributed by atoms with Gasteiger partial charge in [-0.25, -0.2) is 9.50 Å². The van der Waals surface area contributed by atoms with Crippen LogP contribution in [-0.2, 0) is 0 Å². The average molecular weight is 259 g/mol. The van der Waals surface area contributed by atoms with Crippen molar-refractivity contribution in [2.24, 2.45) is 0 Å².